The molecule has 13 heteroatoms. The van der Waals surface area contributed by atoms with Crippen LogP contribution >= 0.6 is 15.9 Å². The molecule has 5 aromatic rings. The first-order valence-electron chi connectivity index (χ1n) is 17.0. The van der Waals surface area contributed by atoms with Crippen molar-refractivity contribution in [2.24, 2.45) is 0 Å². The fourth-order valence-electron chi connectivity index (χ4n) is 5.44. The van der Waals surface area contributed by atoms with Crippen molar-refractivity contribution in [3.63, 3.8) is 0 Å². The van der Waals surface area contributed by atoms with E-state index >= 15 is 0 Å². The molecule has 0 aliphatic carbocycles. The van der Waals surface area contributed by atoms with Crippen molar-refractivity contribution in [3.05, 3.63) is 149 Å². The average molecular weight is 822 g/mol. The molecule has 5 aromatic carbocycles. The molecule has 0 radical (unpaired) electrons. The van der Waals surface area contributed by atoms with Crippen molar-refractivity contribution < 1.29 is 35.8 Å². The van der Waals surface area contributed by atoms with Crippen LogP contribution in [0.15, 0.2) is 132 Å². The van der Waals surface area contributed by atoms with Gasteiger partial charge in [-0.2, -0.15) is 0 Å². The number of rotatable bonds is 15. The molecule has 2 saturated heterocycles. The van der Waals surface area contributed by atoms with Crippen LogP contribution in [-0.4, -0.2) is 62.5 Å². The Labute approximate surface area is 320 Å². The summed E-state index contributed by atoms with van der Waals surface area (Å²) in [6, 6.07) is 38.1. The van der Waals surface area contributed by atoms with Gasteiger partial charge in [0.05, 0.1) is 46.3 Å². The minimum atomic E-state index is -3.68. The van der Waals surface area contributed by atoms with E-state index in [2.05, 4.69) is 15.9 Å². The molecule has 2 atom stereocenters. The maximum atomic E-state index is 13.4. The van der Waals surface area contributed by atoms with Gasteiger partial charge in [0.2, 0.25) is 20.0 Å². The molecule has 2 aliphatic rings. The van der Waals surface area contributed by atoms with E-state index in [1.807, 2.05) is 73.7 Å². The van der Waals surface area contributed by atoms with Crippen LogP contribution in [0.3, 0.4) is 0 Å². The molecular formula is C40H41BrN2O8S2. The number of ether oxygens (including phenoxy) is 4. The lowest BCUT2D eigenvalue weighted by molar-refractivity contribution is 0.260. The van der Waals surface area contributed by atoms with Crippen molar-refractivity contribution in [1.82, 2.24) is 0 Å². The Bertz CT molecular complexity index is 2150. The Balaban J connectivity index is 0.000000185. The monoisotopic (exact) mass is 820 g/mol. The highest BCUT2D eigenvalue weighted by atomic mass is 79.9. The van der Waals surface area contributed by atoms with Gasteiger partial charge in [0, 0.05) is 12.6 Å². The molecule has 0 saturated carbocycles. The van der Waals surface area contributed by atoms with Crippen LogP contribution in [0, 0.1) is 6.92 Å². The minimum Gasteiger partial charge on any atom is -0.490 e. The molecule has 10 nitrogen and oxygen atoms in total. The standard InChI is InChI=1S/C22H20BrNO4S.C18H21NO4S/c23-21-13-17(11-12-22(21)28-15-20-14-27-20)16-29(25,26)24(18-7-3-1-4-8-18)19-9-5-2-6-10-19;1-14-7-6-8-15(18(14)23-12-17-11-22-17)13-24(20,21)19(2)16-9-4-3-5-10-16/h1-13,20H,14-16H2;3-10,17H,11-13H2,1-2H3. The lowest BCUT2D eigenvalue weighted by Crippen LogP contribution is -2.28. The van der Waals surface area contributed by atoms with E-state index in [9.17, 15) is 16.8 Å². The summed E-state index contributed by atoms with van der Waals surface area (Å²) < 4.78 is 77.5. The fourth-order valence-corrected chi connectivity index (χ4v) is 8.85. The lowest BCUT2D eigenvalue weighted by Gasteiger charge is -2.24. The SMILES string of the molecule is Cc1cccc(CS(=O)(=O)N(C)c2ccccc2)c1OCC1CO1.O=S(=O)(Cc1ccc(OCC2CO2)c(Br)c1)N(c1ccccc1)c1ccccc1. The van der Waals surface area contributed by atoms with E-state index in [-0.39, 0.29) is 23.7 Å². The van der Waals surface area contributed by atoms with Gasteiger partial charge >= 0.3 is 0 Å². The summed E-state index contributed by atoms with van der Waals surface area (Å²) in [7, 11) is -5.61. The number of hydrogen-bond donors (Lipinski definition) is 0. The number of sulfonamides is 2. The zero-order valence-corrected chi connectivity index (χ0v) is 32.6. The minimum absolute atomic E-state index is 0.110. The van der Waals surface area contributed by atoms with Crippen molar-refractivity contribution in [2.75, 3.05) is 42.1 Å². The first-order chi connectivity index (χ1) is 25.5. The third-order valence-corrected chi connectivity index (χ3v) is 12.4. The molecule has 53 heavy (non-hydrogen) atoms. The van der Waals surface area contributed by atoms with Gasteiger partial charge in [-0.1, -0.05) is 78.9 Å². The Hall–Kier alpha value is -4.40. The quantitative estimate of drug-likeness (QED) is 0.0991. The number of nitrogens with zero attached hydrogens (tertiary/aromatic N) is 2. The van der Waals surface area contributed by atoms with E-state index in [4.69, 9.17) is 18.9 Å². The predicted octanol–water partition coefficient (Wildman–Crippen LogP) is 7.63. The Morgan fingerprint density at radius 2 is 1.19 bits per heavy atom. The fraction of sp³-hybridized carbons (Fsp3) is 0.250. The zero-order valence-electron chi connectivity index (χ0n) is 29.4. The number of benzene rings is 5. The first-order valence-corrected chi connectivity index (χ1v) is 21.0. The molecule has 2 unspecified atom stereocenters. The van der Waals surface area contributed by atoms with Crippen LogP contribution in [0.2, 0.25) is 0 Å². The number of aryl methyl sites for hydroxylation is 1. The van der Waals surface area contributed by atoms with E-state index in [1.54, 1.807) is 67.7 Å². The molecule has 278 valence electrons. The summed E-state index contributed by atoms with van der Waals surface area (Å²) >= 11 is 3.48. The summed E-state index contributed by atoms with van der Waals surface area (Å²) in [5.74, 6) is 1.06. The van der Waals surface area contributed by atoms with Gasteiger partial charge in [-0.25, -0.2) is 21.1 Å². The molecule has 0 spiro atoms. The number of halogens is 1. The van der Waals surface area contributed by atoms with Crippen molar-refractivity contribution >= 4 is 53.0 Å². The third-order valence-electron chi connectivity index (χ3n) is 8.42. The highest BCUT2D eigenvalue weighted by molar-refractivity contribution is 9.10. The van der Waals surface area contributed by atoms with Crippen LogP contribution in [0.1, 0.15) is 16.7 Å². The number of epoxide rings is 2. The summed E-state index contributed by atoms with van der Waals surface area (Å²) in [4.78, 5) is 0. The Morgan fingerprint density at radius 1 is 0.660 bits per heavy atom. The average Bonchev–Trinajstić information content (AvgIpc) is 4.09. The molecule has 2 heterocycles. The second kappa shape index (κ2) is 17.2. The van der Waals surface area contributed by atoms with Gasteiger partial charge in [0.1, 0.15) is 36.9 Å². The van der Waals surface area contributed by atoms with Crippen LogP contribution in [0.4, 0.5) is 17.1 Å². The second-order valence-electron chi connectivity index (χ2n) is 12.6. The van der Waals surface area contributed by atoms with Crippen LogP contribution in [0.25, 0.3) is 0 Å². The lowest BCUT2D eigenvalue weighted by atomic mass is 10.1. The van der Waals surface area contributed by atoms with Gasteiger partial charge in [0.25, 0.3) is 0 Å². The van der Waals surface area contributed by atoms with Gasteiger partial charge in [-0.05, 0) is 82.5 Å². The molecule has 7 rings (SSSR count). The van der Waals surface area contributed by atoms with E-state index in [0.717, 1.165) is 16.6 Å². The second-order valence-corrected chi connectivity index (χ2v) is 17.3. The molecule has 0 amide bonds. The summed E-state index contributed by atoms with van der Waals surface area (Å²) in [5, 5.41) is 0. The van der Waals surface area contributed by atoms with Crippen molar-refractivity contribution in [3.8, 4) is 11.5 Å². The van der Waals surface area contributed by atoms with Gasteiger partial charge in [-0.15, -0.1) is 0 Å². The highest BCUT2D eigenvalue weighted by Crippen LogP contribution is 2.33. The Kier molecular flexibility index (Phi) is 12.4. The summed E-state index contributed by atoms with van der Waals surface area (Å²) in [5.41, 5.74) is 4.09. The molecule has 2 fully saturated rings. The third kappa shape index (κ3) is 10.6. The number of anilines is 3. The number of para-hydroxylation sites is 4. The molecule has 2 aliphatic heterocycles. The maximum Gasteiger partial charge on any atom is 0.243 e. The van der Waals surface area contributed by atoms with Gasteiger partial charge in [-0.3, -0.25) is 4.31 Å². The van der Waals surface area contributed by atoms with Crippen molar-refractivity contribution in [2.45, 2.75) is 30.6 Å². The Morgan fingerprint density at radius 3 is 1.72 bits per heavy atom. The van der Waals surface area contributed by atoms with Crippen LogP contribution < -0.4 is 18.1 Å². The van der Waals surface area contributed by atoms with Crippen LogP contribution in [-0.2, 0) is 41.0 Å². The summed E-state index contributed by atoms with van der Waals surface area (Å²) in [6.45, 7) is 4.29. The number of hydrogen-bond acceptors (Lipinski definition) is 8. The highest BCUT2D eigenvalue weighted by Gasteiger charge is 2.27. The topological polar surface area (TPSA) is 118 Å². The maximum absolute atomic E-state index is 13.4. The molecule has 0 N–H and O–H groups in total. The van der Waals surface area contributed by atoms with Gasteiger partial charge < -0.3 is 18.9 Å². The summed E-state index contributed by atoms with van der Waals surface area (Å²) in [6.07, 6.45) is 0.285. The zero-order chi connectivity index (χ0) is 37.4. The predicted molar refractivity (Wildman–Crippen MR) is 211 cm³/mol. The van der Waals surface area contributed by atoms with E-state index in [0.29, 0.717) is 59.5 Å². The van der Waals surface area contributed by atoms with E-state index in [1.165, 1.54) is 8.61 Å². The van der Waals surface area contributed by atoms with Crippen LogP contribution in [0.5, 0.6) is 11.5 Å². The normalized spacial score (nSPS) is 16.1. The largest absolute Gasteiger partial charge is 0.490 e. The van der Waals surface area contributed by atoms with E-state index < -0.39 is 20.0 Å². The molecule has 0 aromatic heterocycles. The first kappa shape index (κ1) is 38.3. The smallest absolute Gasteiger partial charge is 0.243 e. The molecule has 0 bridgehead atoms. The van der Waals surface area contributed by atoms with Crippen molar-refractivity contribution in [1.29, 1.82) is 0 Å². The van der Waals surface area contributed by atoms with Gasteiger partial charge in [0.15, 0.2) is 0 Å². The molecular weight excluding hydrogens is 780 g/mol.